The van der Waals surface area contributed by atoms with Gasteiger partial charge in [-0.3, -0.25) is 0 Å². The smallest absolute Gasteiger partial charge is 0.332 e. The fraction of sp³-hybridized carbons (Fsp3) is 0.600. The van der Waals surface area contributed by atoms with E-state index in [1.165, 1.54) is 0 Å². The van der Waals surface area contributed by atoms with Crippen LogP contribution in [-0.2, 0) is 9.59 Å². The number of carboxylic acid groups (broad SMARTS) is 2. The van der Waals surface area contributed by atoms with Gasteiger partial charge in [-0.05, 0) is 24.7 Å². The molecule has 4 heteroatoms. The fourth-order valence-electron chi connectivity index (χ4n) is 1.73. The van der Waals surface area contributed by atoms with Crippen LogP contribution in [0.3, 0.4) is 0 Å². The number of carboxylic acids is 2. The van der Waals surface area contributed by atoms with Gasteiger partial charge >= 0.3 is 11.9 Å². The Kier molecular flexibility index (Phi) is 2.93. The lowest BCUT2D eigenvalue weighted by atomic mass is 9.78. The minimum Gasteiger partial charge on any atom is -0.478 e. The average Bonchev–Trinajstić information content (AvgIpc) is 2.08. The summed E-state index contributed by atoms with van der Waals surface area (Å²) in [5, 5.41) is 17.7. The van der Waals surface area contributed by atoms with Crippen LogP contribution in [-0.4, -0.2) is 22.2 Å². The molecular formula is C10H14O4. The zero-order valence-corrected chi connectivity index (χ0v) is 8.28. The van der Waals surface area contributed by atoms with Crippen molar-refractivity contribution in [2.24, 2.45) is 11.8 Å². The lowest BCUT2D eigenvalue weighted by Gasteiger charge is -2.26. The van der Waals surface area contributed by atoms with Crippen molar-refractivity contribution in [3.63, 3.8) is 0 Å². The van der Waals surface area contributed by atoms with E-state index in [9.17, 15) is 9.59 Å². The van der Waals surface area contributed by atoms with Gasteiger partial charge < -0.3 is 10.2 Å². The number of hydrogen-bond donors (Lipinski definition) is 2. The summed E-state index contributed by atoms with van der Waals surface area (Å²) in [5.41, 5.74) is 0.145. The van der Waals surface area contributed by atoms with Crippen molar-refractivity contribution in [2.75, 3.05) is 0 Å². The number of rotatable bonds is 2. The van der Waals surface area contributed by atoms with Crippen LogP contribution in [0.4, 0.5) is 0 Å². The second kappa shape index (κ2) is 3.82. The fourth-order valence-corrected chi connectivity index (χ4v) is 1.73. The predicted molar refractivity (Wildman–Crippen MR) is 49.9 cm³/mol. The highest BCUT2D eigenvalue weighted by Crippen LogP contribution is 2.33. The second-order valence-electron chi connectivity index (χ2n) is 3.93. The maximum atomic E-state index is 10.8. The van der Waals surface area contributed by atoms with Gasteiger partial charge in [-0.15, -0.1) is 0 Å². The van der Waals surface area contributed by atoms with E-state index in [2.05, 4.69) is 0 Å². The van der Waals surface area contributed by atoms with E-state index < -0.39 is 11.9 Å². The molecule has 4 nitrogen and oxygen atoms in total. The SMILES string of the molecule is CC1CC(C(=O)O)=C(C(=O)O)CC1C. The van der Waals surface area contributed by atoms with Crippen LogP contribution < -0.4 is 0 Å². The molecule has 0 aromatic carbocycles. The first-order valence-corrected chi connectivity index (χ1v) is 4.62. The Balaban J connectivity index is 3.07. The summed E-state index contributed by atoms with van der Waals surface area (Å²) in [6.07, 6.45) is 0.719. The Labute approximate surface area is 82.2 Å². The first kappa shape index (κ1) is 10.8. The molecule has 2 unspecified atom stereocenters. The molecular weight excluding hydrogens is 184 g/mol. The van der Waals surface area contributed by atoms with E-state index in [0.717, 1.165) is 0 Å². The second-order valence-corrected chi connectivity index (χ2v) is 3.93. The Hall–Kier alpha value is -1.32. The third kappa shape index (κ3) is 1.95. The van der Waals surface area contributed by atoms with Crippen LogP contribution in [0.5, 0.6) is 0 Å². The van der Waals surface area contributed by atoms with Crippen LogP contribution in [0, 0.1) is 11.8 Å². The summed E-state index contributed by atoms with van der Waals surface area (Å²) in [4.78, 5) is 21.6. The highest BCUT2D eigenvalue weighted by molar-refractivity contribution is 5.99. The molecule has 0 amide bonds. The van der Waals surface area contributed by atoms with Gasteiger partial charge in [-0.1, -0.05) is 13.8 Å². The van der Waals surface area contributed by atoms with Crippen molar-refractivity contribution >= 4 is 11.9 Å². The number of carbonyl (C=O) groups is 2. The van der Waals surface area contributed by atoms with E-state index in [-0.39, 0.29) is 23.0 Å². The Morgan fingerprint density at radius 2 is 1.29 bits per heavy atom. The van der Waals surface area contributed by atoms with Crippen LogP contribution >= 0.6 is 0 Å². The molecule has 0 heterocycles. The molecule has 2 N–H and O–H groups in total. The summed E-state index contributed by atoms with van der Waals surface area (Å²) in [7, 11) is 0. The van der Waals surface area contributed by atoms with Crippen molar-refractivity contribution in [1.82, 2.24) is 0 Å². The van der Waals surface area contributed by atoms with Gasteiger partial charge in [-0.25, -0.2) is 9.59 Å². The first-order chi connectivity index (χ1) is 6.43. The third-order valence-electron chi connectivity index (χ3n) is 2.90. The van der Waals surface area contributed by atoms with E-state index in [4.69, 9.17) is 10.2 Å². The van der Waals surface area contributed by atoms with Crippen molar-refractivity contribution in [2.45, 2.75) is 26.7 Å². The average molecular weight is 198 g/mol. The third-order valence-corrected chi connectivity index (χ3v) is 2.90. The summed E-state index contributed by atoms with van der Waals surface area (Å²) in [6, 6.07) is 0. The highest BCUT2D eigenvalue weighted by atomic mass is 16.4. The zero-order valence-electron chi connectivity index (χ0n) is 8.28. The maximum Gasteiger partial charge on any atom is 0.332 e. The molecule has 0 fully saturated rings. The molecule has 0 saturated heterocycles. The molecule has 0 bridgehead atoms. The Bertz CT molecular complexity index is 273. The maximum absolute atomic E-state index is 10.8. The number of hydrogen-bond acceptors (Lipinski definition) is 2. The molecule has 2 atom stereocenters. The van der Waals surface area contributed by atoms with E-state index in [1.54, 1.807) is 0 Å². The van der Waals surface area contributed by atoms with Crippen molar-refractivity contribution in [3.8, 4) is 0 Å². The van der Waals surface area contributed by atoms with Crippen molar-refractivity contribution < 1.29 is 19.8 Å². The van der Waals surface area contributed by atoms with Gasteiger partial charge in [0, 0.05) is 11.1 Å². The normalized spacial score (nSPS) is 27.6. The molecule has 1 aliphatic rings. The molecule has 1 aliphatic carbocycles. The Morgan fingerprint density at radius 3 is 1.50 bits per heavy atom. The van der Waals surface area contributed by atoms with Gasteiger partial charge in [0.1, 0.15) is 0 Å². The molecule has 0 aromatic heterocycles. The largest absolute Gasteiger partial charge is 0.478 e. The molecule has 0 radical (unpaired) electrons. The molecule has 78 valence electrons. The van der Waals surface area contributed by atoms with Gasteiger partial charge in [0.05, 0.1) is 0 Å². The zero-order chi connectivity index (χ0) is 10.9. The van der Waals surface area contributed by atoms with Gasteiger partial charge in [-0.2, -0.15) is 0 Å². The lowest BCUT2D eigenvalue weighted by Crippen LogP contribution is -2.24. The quantitative estimate of drug-likeness (QED) is 0.705. The van der Waals surface area contributed by atoms with Crippen LogP contribution in [0.1, 0.15) is 26.7 Å². The van der Waals surface area contributed by atoms with Crippen LogP contribution in [0.2, 0.25) is 0 Å². The minimum absolute atomic E-state index is 0.0723. The molecule has 0 aliphatic heterocycles. The van der Waals surface area contributed by atoms with Crippen LogP contribution in [0.15, 0.2) is 11.1 Å². The van der Waals surface area contributed by atoms with Gasteiger partial charge in [0.15, 0.2) is 0 Å². The molecule has 0 spiro atoms. The van der Waals surface area contributed by atoms with Gasteiger partial charge in [0.25, 0.3) is 0 Å². The van der Waals surface area contributed by atoms with E-state index >= 15 is 0 Å². The molecule has 0 aromatic rings. The van der Waals surface area contributed by atoms with Gasteiger partial charge in [0.2, 0.25) is 0 Å². The van der Waals surface area contributed by atoms with E-state index in [1.807, 2.05) is 13.8 Å². The first-order valence-electron chi connectivity index (χ1n) is 4.62. The highest BCUT2D eigenvalue weighted by Gasteiger charge is 2.30. The lowest BCUT2D eigenvalue weighted by molar-refractivity contribution is -0.136. The minimum atomic E-state index is -1.10. The summed E-state index contributed by atoms with van der Waals surface area (Å²) >= 11 is 0. The molecule has 14 heavy (non-hydrogen) atoms. The summed E-state index contributed by atoms with van der Waals surface area (Å²) < 4.78 is 0. The standard InChI is InChI=1S/C10H14O4/c1-5-3-7(9(11)12)8(10(13)14)4-6(5)2/h5-6H,3-4H2,1-2H3,(H,11,12)(H,13,14). The van der Waals surface area contributed by atoms with Crippen molar-refractivity contribution in [1.29, 1.82) is 0 Å². The van der Waals surface area contributed by atoms with E-state index in [0.29, 0.717) is 12.8 Å². The number of aliphatic carboxylic acids is 2. The monoisotopic (exact) mass is 198 g/mol. The summed E-state index contributed by atoms with van der Waals surface area (Å²) in [5.74, 6) is -1.71. The van der Waals surface area contributed by atoms with Crippen LogP contribution in [0.25, 0.3) is 0 Å². The Morgan fingerprint density at radius 1 is 1.00 bits per heavy atom. The molecule has 0 saturated carbocycles. The predicted octanol–water partition coefficient (Wildman–Crippen LogP) is 1.52. The molecule has 1 rings (SSSR count). The van der Waals surface area contributed by atoms with Crippen molar-refractivity contribution in [3.05, 3.63) is 11.1 Å². The summed E-state index contributed by atoms with van der Waals surface area (Å²) in [6.45, 7) is 3.90. The topological polar surface area (TPSA) is 74.6 Å².